The second-order valence-corrected chi connectivity index (χ2v) is 8.80. The molecule has 4 atom stereocenters. The van der Waals surface area contributed by atoms with Gasteiger partial charge in [0.1, 0.15) is 21.0 Å². The molecule has 0 aliphatic heterocycles. The molecule has 0 aromatic rings. The monoisotopic (exact) mass is 664 g/mol. The Bertz CT molecular complexity index is 909. The Balaban J connectivity index is 0.000000537. The van der Waals surface area contributed by atoms with Crippen LogP contribution >= 0.6 is 0 Å². The van der Waals surface area contributed by atoms with Crippen LogP contribution in [-0.2, 0) is 39.4 Å². The summed E-state index contributed by atoms with van der Waals surface area (Å²) in [6, 6.07) is 0. The van der Waals surface area contributed by atoms with Gasteiger partial charge in [-0.2, -0.15) is 24.3 Å². The molecular formula is C22H24F8O4Si4Ti. The normalized spacial score (nSPS) is 32.0. The largest absolute Gasteiger partial charge is 4.00 e. The van der Waals surface area contributed by atoms with Gasteiger partial charge in [0.05, 0.1) is 0 Å². The molecule has 0 saturated heterocycles. The number of alkyl halides is 4. The summed E-state index contributed by atoms with van der Waals surface area (Å²) in [7, 11) is -0.813. The van der Waals surface area contributed by atoms with Crippen molar-refractivity contribution in [3.05, 3.63) is 96.2 Å². The van der Waals surface area contributed by atoms with Gasteiger partial charge in [-0.05, 0) is 11.7 Å². The first-order valence-electron chi connectivity index (χ1n) is 10.6. The fourth-order valence-electron chi connectivity index (χ4n) is 2.65. The topological polar surface area (TPSA) is 36.9 Å². The quantitative estimate of drug-likeness (QED) is 0.260. The molecule has 39 heavy (non-hydrogen) atoms. The van der Waals surface area contributed by atoms with Gasteiger partial charge in [0.25, 0.3) is 0 Å². The minimum atomic E-state index is -3.19. The molecule has 0 spiro atoms. The molecule has 212 valence electrons. The van der Waals surface area contributed by atoms with Crippen LogP contribution in [0.25, 0.3) is 0 Å². The Labute approximate surface area is 248 Å². The minimum Gasteiger partial charge on any atom is -0.404 e. The van der Waals surface area contributed by atoms with E-state index in [2.05, 4.69) is 42.0 Å². The molecule has 0 aromatic heterocycles. The van der Waals surface area contributed by atoms with Crippen LogP contribution in [0.3, 0.4) is 0 Å². The number of hydrogen-bond acceptors (Lipinski definition) is 4. The van der Waals surface area contributed by atoms with Crippen molar-refractivity contribution >= 4 is 41.9 Å². The summed E-state index contributed by atoms with van der Waals surface area (Å²) in [5.74, 6) is -19.0. The van der Waals surface area contributed by atoms with E-state index in [1.807, 2.05) is 24.3 Å². The van der Waals surface area contributed by atoms with Gasteiger partial charge in [0.15, 0.2) is 21.0 Å². The molecule has 0 radical (unpaired) electrons. The van der Waals surface area contributed by atoms with Crippen LogP contribution in [0.5, 0.6) is 0 Å². The van der Waals surface area contributed by atoms with Crippen LogP contribution in [0.2, 0.25) is 0 Å². The molecule has 4 aliphatic carbocycles. The molecule has 0 saturated carbocycles. The second-order valence-electron chi connectivity index (χ2n) is 7.17. The van der Waals surface area contributed by atoms with Crippen molar-refractivity contribution in [3.63, 3.8) is 0 Å². The number of rotatable bonds is 4. The Hall–Kier alpha value is -1.22. The summed E-state index contributed by atoms with van der Waals surface area (Å²) >= 11 is 0. The van der Waals surface area contributed by atoms with Crippen molar-refractivity contribution in [2.24, 2.45) is 0 Å². The average Bonchev–Trinajstić information content (AvgIpc) is 3.66. The summed E-state index contributed by atoms with van der Waals surface area (Å²) in [5.41, 5.74) is 0. The molecular weight excluding hydrogens is 640 g/mol. The van der Waals surface area contributed by atoms with E-state index >= 15 is 0 Å². The van der Waals surface area contributed by atoms with E-state index in [1.54, 1.807) is 0 Å². The van der Waals surface area contributed by atoms with E-state index in [9.17, 15) is 35.1 Å². The van der Waals surface area contributed by atoms with Gasteiger partial charge < -0.3 is 26.5 Å². The molecule has 4 nitrogen and oxygen atoms in total. The molecule has 0 aromatic carbocycles. The zero-order valence-corrected chi connectivity index (χ0v) is 30.8. The Morgan fingerprint density at radius 3 is 1.13 bits per heavy atom. The molecule has 0 amide bonds. The van der Waals surface area contributed by atoms with E-state index < -0.39 is 46.7 Å². The SMILES string of the molecule is FC1=[C-]C(F)(O[SiH3])C(F)(O[SiH3])C=C1F.FC1=[C-]C(F)(O[SiH3])C(F)(O[SiH3])C=C1F.[C-]1=CC=CC1.[C-]1=CC=CC1.[Ti+4]. The molecule has 4 unspecified atom stereocenters. The van der Waals surface area contributed by atoms with Gasteiger partial charge in [-0.3, -0.25) is 12.2 Å². The standard InChI is InChI=1S/2C6H7F4O2Si2.2C5H5.Ti/c2*7-3-1-5(9,11-13)6(10,12-14)2-4(3)8;2*1-2-4-5-3-1;/h2*1H,13-14H3;2*1-3H,4H2;/q4*-1;+4. The average molecular weight is 665 g/mol. The van der Waals surface area contributed by atoms with Crippen molar-refractivity contribution in [2.75, 3.05) is 0 Å². The van der Waals surface area contributed by atoms with Crippen molar-refractivity contribution in [1.82, 2.24) is 0 Å². The Kier molecular flexibility index (Phi) is 16.4. The van der Waals surface area contributed by atoms with E-state index in [-0.39, 0.29) is 75.8 Å². The van der Waals surface area contributed by atoms with E-state index in [1.165, 1.54) is 12.2 Å². The summed E-state index contributed by atoms with van der Waals surface area (Å²) in [4.78, 5) is 0. The van der Waals surface area contributed by atoms with Gasteiger partial charge in [0.2, 0.25) is 23.4 Å². The van der Waals surface area contributed by atoms with Crippen molar-refractivity contribution in [1.29, 1.82) is 0 Å². The smallest absolute Gasteiger partial charge is 0.404 e. The Morgan fingerprint density at radius 1 is 0.615 bits per heavy atom. The van der Waals surface area contributed by atoms with Crippen LogP contribution < -0.4 is 0 Å². The fraction of sp³-hybridized carbons (Fsp3) is 0.273. The number of hydrogen-bond donors (Lipinski definition) is 0. The van der Waals surface area contributed by atoms with Gasteiger partial charge in [-0.1, -0.05) is 12.2 Å². The molecule has 4 aliphatic rings. The third-order valence-electron chi connectivity index (χ3n) is 4.79. The molecule has 0 N–H and O–H groups in total. The van der Waals surface area contributed by atoms with Crippen LogP contribution in [0.4, 0.5) is 35.1 Å². The first-order chi connectivity index (χ1) is 17.8. The minimum absolute atomic E-state index is 0. The molecule has 0 heterocycles. The van der Waals surface area contributed by atoms with Gasteiger partial charge >= 0.3 is 21.7 Å². The van der Waals surface area contributed by atoms with E-state index in [4.69, 9.17) is 0 Å². The molecule has 0 fully saturated rings. The van der Waals surface area contributed by atoms with Crippen molar-refractivity contribution < 1.29 is 74.5 Å². The van der Waals surface area contributed by atoms with Crippen LogP contribution in [-0.4, -0.2) is 65.4 Å². The number of allylic oxidation sites excluding steroid dienone is 12. The van der Waals surface area contributed by atoms with Crippen LogP contribution in [0.15, 0.2) is 71.9 Å². The fourth-order valence-corrected chi connectivity index (χ4v) is 4.17. The molecule has 4 rings (SSSR count). The van der Waals surface area contributed by atoms with Crippen molar-refractivity contribution in [2.45, 2.75) is 36.3 Å². The zero-order valence-electron chi connectivity index (χ0n) is 21.2. The second kappa shape index (κ2) is 16.9. The summed E-state index contributed by atoms with van der Waals surface area (Å²) in [6.07, 6.45) is 22.8. The number of halogens is 8. The zero-order chi connectivity index (χ0) is 29.0. The van der Waals surface area contributed by atoms with Crippen molar-refractivity contribution in [3.8, 4) is 0 Å². The van der Waals surface area contributed by atoms with E-state index in [0.717, 1.165) is 12.8 Å². The van der Waals surface area contributed by atoms with Crippen LogP contribution in [0, 0.1) is 24.3 Å². The Morgan fingerprint density at radius 2 is 0.949 bits per heavy atom. The maximum atomic E-state index is 13.6. The van der Waals surface area contributed by atoms with Gasteiger partial charge in [-0.25, -0.2) is 50.6 Å². The maximum absolute atomic E-state index is 13.6. The maximum Gasteiger partial charge on any atom is 4.00 e. The predicted octanol–water partition coefficient (Wildman–Crippen LogP) is 1.48. The third-order valence-corrected chi connectivity index (χ3v) is 7.10. The van der Waals surface area contributed by atoms with E-state index in [0.29, 0.717) is 0 Å². The first kappa shape index (κ1) is 37.8. The summed E-state index contributed by atoms with van der Waals surface area (Å²) in [5, 5.41) is 0. The van der Waals surface area contributed by atoms with Crippen LogP contribution in [0.1, 0.15) is 12.8 Å². The molecule has 17 heteroatoms. The summed E-state index contributed by atoms with van der Waals surface area (Å²) < 4.78 is 121. The first-order valence-corrected chi connectivity index (χ1v) is 13.8. The molecule has 0 bridgehead atoms. The predicted molar refractivity (Wildman–Crippen MR) is 137 cm³/mol. The van der Waals surface area contributed by atoms with Gasteiger partial charge in [-0.15, -0.1) is 12.8 Å². The van der Waals surface area contributed by atoms with Gasteiger partial charge in [0, 0.05) is 11.7 Å². The third kappa shape index (κ3) is 9.98. The summed E-state index contributed by atoms with van der Waals surface area (Å²) in [6.45, 7) is 0.